The van der Waals surface area contributed by atoms with Gasteiger partial charge in [0.05, 0.1) is 36.6 Å². The molecule has 4 aromatic carbocycles. The Bertz CT molecular complexity index is 2000. The van der Waals surface area contributed by atoms with Crippen LogP contribution in [0.25, 0.3) is 0 Å². The van der Waals surface area contributed by atoms with E-state index in [2.05, 4.69) is 0 Å². The van der Waals surface area contributed by atoms with Crippen LogP contribution in [0.1, 0.15) is 22.3 Å². The number of sulfonamides is 1. The van der Waals surface area contributed by atoms with Crippen LogP contribution in [-0.2, 0) is 46.0 Å². The van der Waals surface area contributed by atoms with Gasteiger partial charge in [-0.3, -0.25) is 0 Å². The number of hydrogen-bond acceptors (Lipinski definition) is 9. The second-order valence-corrected chi connectivity index (χ2v) is 16.0. The molecule has 0 atom stereocenters. The normalized spacial score (nSPS) is 12.0. The Labute approximate surface area is 292 Å². The standard InChI is InChI=1S/C31H29Cl4NO9S2/c1-44-26-10-20(9-21(17-37)31(26)45-2)16-36(47(42,43)28-14-23(33)12-25(35)30(28)39)15-19-5-3-4-18(8-19)6-7-46(40,41)27-13-22(32)11-24(34)29(27)38/h3-5,8-14,37-39H,6-7,15-17H2,1-2H3. The number of sulfone groups is 1. The van der Waals surface area contributed by atoms with E-state index in [0.717, 1.165) is 16.4 Å². The average molecular weight is 766 g/mol. The van der Waals surface area contributed by atoms with Crippen LogP contribution >= 0.6 is 46.4 Å². The number of rotatable bonds is 13. The molecule has 0 aliphatic heterocycles. The van der Waals surface area contributed by atoms with Gasteiger partial charge in [0, 0.05) is 28.7 Å². The minimum absolute atomic E-state index is 0.00667. The average Bonchev–Trinajstić information content (AvgIpc) is 3.02. The van der Waals surface area contributed by atoms with Crippen molar-refractivity contribution in [1.29, 1.82) is 0 Å². The largest absolute Gasteiger partial charge is 0.505 e. The van der Waals surface area contributed by atoms with E-state index in [1.54, 1.807) is 36.4 Å². The maximum atomic E-state index is 14.1. The predicted octanol–water partition coefficient (Wildman–Crippen LogP) is 6.63. The van der Waals surface area contributed by atoms with Crippen molar-refractivity contribution in [3.8, 4) is 23.0 Å². The lowest BCUT2D eigenvalue weighted by Crippen LogP contribution is -2.30. The summed E-state index contributed by atoms with van der Waals surface area (Å²) >= 11 is 24.1. The van der Waals surface area contributed by atoms with Crippen molar-refractivity contribution < 1.29 is 41.6 Å². The van der Waals surface area contributed by atoms with E-state index >= 15 is 0 Å². The van der Waals surface area contributed by atoms with Gasteiger partial charge in [0.1, 0.15) is 9.79 Å². The molecule has 0 amide bonds. The third-order valence-electron chi connectivity index (χ3n) is 7.09. The monoisotopic (exact) mass is 763 g/mol. The third kappa shape index (κ3) is 8.38. The lowest BCUT2D eigenvalue weighted by Gasteiger charge is -2.24. The molecular weight excluding hydrogens is 736 g/mol. The Hall–Kier alpha value is -2.94. The van der Waals surface area contributed by atoms with E-state index in [-0.39, 0.29) is 51.1 Å². The number of aromatic hydroxyl groups is 2. The zero-order chi connectivity index (χ0) is 34.7. The highest BCUT2D eigenvalue weighted by Gasteiger charge is 2.30. The first-order valence-corrected chi connectivity index (χ1v) is 18.2. The Morgan fingerprint density at radius 2 is 1.30 bits per heavy atom. The van der Waals surface area contributed by atoms with Gasteiger partial charge in [-0.2, -0.15) is 4.31 Å². The van der Waals surface area contributed by atoms with E-state index in [1.165, 1.54) is 26.4 Å². The van der Waals surface area contributed by atoms with Crippen molar-refractivity contribution in [1.82, 2.24) is 4.31 Å². The van der Waals surface area contributed by atoms with Crippen molar-refractivity contribution in [2.75, 3.05) is 20.0 Å². The van der Waals surface area contributed by atoms with Crippen molar-refractivity contribution in [3.63, 3.8) is 0 Å². The van der Waals surface area contributed by atoms with Crippen LogP contribution in [0, 0.1) is 0 Å². The molecule has 0 unspecified atom stereocenters. The van der Waals surface area contributed by atoms with Crippen LogP contribution in [0.15, 0.2) is 70.5 Å². The second kappa shape index (κ2) is 15.1. The molecule has 3 N–H and O–H groups in total. The van der Waals surface area contributed by atoms with Gasteiger partial charge in [0.2, 0.25) is 10.0 Å². The number of nitrogens with zero attached hydrogens (tertiary/aromatic N) is 1. The molecule has 0 spiro atoms. The fourth-order valence-electron chi connectivity index (χ4n) is 4.85. The first-order valence-electron chi connectivity index (χ1n) is 13.6. The molecule has 0 saturated carbocycles. The second-order valence-electron chi connectivity index (χ2n) is 10.3. The van der Waals surface area contributed by atoms with Crippen LogP contribution in [0.3, 0.4) is 0 Å². The number of halogens is 4. The van der Waals surface area contributed by atoms with Crippen LogP contribution in [0.5, 0.6) is 23.0 Å². The molecule has 0 bridgehead atoms. The summed E-state index contributed by atoms with van der Waals surface area (Å²) in [7, 11) is -5.71. The molecular formula is C31H29Cl4NO9S2. The quantitative estimate of drug-likeness (QED) is 0.136. The number of phenols is 2. The maximum Gasteiger partial charge on any atom is 0.247 e. The topological polar surface area (TPSA) is 151 Å². The number of aryl methyl sites for hydroxylation is 1. The zero-order valence-corrected chi connectivity index (χ0v) is 29.5. The number of aliphatic hydroxyl groups is 1. The maximum absolute atomic E-state index is 14.1. The minimum atomic E-state index is -4.49. The van der Waals surface area contributed by atoms with Crippen molar-refractivity contribution in [2.45, 2.75) is 35.9 Å². The van der Waals surface area contributed by atoms with Crippen LogP contribution in [0.4, 0.5) is 0 Å². The summed E-state index contributed by atoms with van der Waals surface area (Å²) in [6.45, 7) is -0.915. The molecule has 16 heteroatoms. The van der Waals surface area contributed by atoms with E-state index in [0.29, 0.717) is 22.3 Å². The Morgan fingerprint density at radius 3 is 1.89 bits per heavy atom. The van der Waals surface area contributed by atoms with Crippen molar-refractivity contribution in [3.05, 3.63) is 103 Å². The number of ether oxygens (including phenoxy) is 2. The number of benzene rings is 4. The molecule has 0 radical (unpaired) electrons. The number of phenolic OH excluding ortho intramolecular Hbond substituents is 2. The fraction of sp³-hybridized carbons (Fsp3) is 0.226. The molecule has 4 aromatic rings. The van der Waals surface area contributed by atoms with E-state index in [9.17, 15) is 32.2 Å². The van der Waals surface area contributed by atoms with E-state index in [4.69, 9.17) is 55.9 Å². The summed E-state index contributed by atoms with van der Waals surface area (Å²) in [4.78, 5) is -0.930. The molecule has 0 aromatic heterocycles. The van der Waals surface area contributed by atoms with Crippen LogP contribution in [-0.4, -0.2) is 56.4 Å². The first kappa shape index (κ1) is 36.9. The van der Waals surface area contributed by atoms with Gasteiger partial charge in [-0.25, -0.2) is 16.8 Å². The van der Waals surface area contributed by atoms with Gasteiger partial charge in [0.25, 0.3) is 0 Å². The van der Waals surface area contributed by atoms with Gasteiger partial charge < -0.3 is 24.8 Å². The first-order chi connectivity index (χ1) is 22.1. The highest BCUT2D eigenvalue weighted by atomic mass is 35.5. The number of methoxy groups -OCH3 is 2. The lowest BCUT2D eigenvalue weighted by atomic mass is 10.1. The van der Waals surface area contributed by atoms with Gasteiger partial charge in [0.15, 0.2) is 32.8 Å². The number of hydrogen-bond donors (Lipinski definition) is 3. The van der Waals surface area contributed by atoms with E-state index in [1.807, 2.05) is 0 Å². The molecule has 0 heterocycles. The summed E-state index contributed by atoms with van der Waals surface area (Å²) < 4.78 is 66.2. The summed E-state index contributed by atoms with van der Waals surface area (Å²) in [6.07, 6.45) is 0.00667. The third-order valence-corrected chi connectivity index (χ3v) is 11.6. The van der Waals surface area contributed by atoms with Gasteiger partial charge in [-0.05, 0) is 59.5 Å². The fourth-order valence-corrected chi connectivity index (χ4v) is 9.06. The Kier molecular flexibility index (Phi) is 11.8. The van der Waals surface area contributed by atoms with Crippen LogP contribution in [0.2, 0.25) is 20.1 Å². The molecule has 0 aliphatic carbocycles. The minimum Gasteiger partial charge on any atom is -0.505 e. The van der Waals surface area contributed by atoms with Gasteiger partial charge >= 0.3 is 0 Å². The molecule has 47 heavy (non-hydrogen) atoms. The Morgan fingerprint density at radius 1 is 0.723 bits per heavy atom. The molecule has 252 valence electrons. The summed E-state index contributed by atoms with van der Waals surface area (Å²) in [5.41, 5.74) is 1.80. The number of aliphatic hydroxyl groups excluding tert-OH is 1. The van der Waals surface area contributed by atoms with Crippen molar-refractivity contribution >= 4 is 66.3 Å². The van der Waals surface area contributed by atoms with Crippen molar-refractivity contribution in [2.24, 2.45) is 0 Å². The zero-order valence-electron chi connectivity index (χ0n) is 24.9. The van der Waals surface area contributed by atoms with E-state index < -0.39 is 53.5 Å². The molecule has 0 aliphatic rings. The summed E-state index contributed by atoms with van der Waals surface area (Å²) in [6, 6.07) is 14.4. The molecule has 0 saturated heterocycles. The molecule has 4 rings (SSSR count). The van der Waals surface area contributed by atoms with Gasteiger partial charge in [-0.15, -0.1) is 0 Å². The summed E-state index contributed by atoms with van der Waals surface area (Å²) in [5.74, 6) is -1.16. The SMILES string of the molecule is COc1cc(CN(Cc2cccc(CCS(=O)(=O)c3cc(Cl)cc(Cl)c3O)c2)S(=O)(=O)c2cc(Cl)cc(Cl)c2O)cc(CO)c1OC. The van der Waals surface area contributed by atoms with Gasteiger partial charge in [-0.1, -0.05) is 70.7 Å². The molecule has 0 fully saturated rings. The highest BCUT2D eigenvalue weighted by Crippen LogP contribution is 2.39. The lowest BCUT2D eigenvalue weighted by molar-refractivity contribution is 0.269. The Balaban J connectivity index is 1.72. The summed E-state index contributed by atoms with van der Waals surface area (Å²) in [5, 5.41) is 30.4. The molecule has 10 nitrogen and oxygen atoms in total. The highest BCUT2D eigenvalue weighted by molar-refractivity contribution is 7.91. The predicted molar refractivity (Wildman–Crippen MR) is 180 cm³/mol. The smallest absolute Gasteiger partial charge is 0.247 e. The van der Waals surface area contributed by atoms with Crippen LogP contribution < -0.4 is 9.47 Å².